The Morgan fingerprint density at radius 2 is 0.689 bits per heavy atom. The van der Waals surface area contributed by atoms with E-state index in [1.54, 1.807) is 34.4 Å². The van der Waals surface area contributed by atoms with Gasteiger partial charge in [-0.05, 0) is 106 Å². The minimum absolute atomic E-state index is 0.292. The Bertz CT molecular complexity index is 7280. The van der Waals surface area contributed by atoms with Crippen LogP contribution in [0.5, 0.6) is 0 Å². The number of para-hydroxylation sites is 2. The maximum Gasteiger partial charge on any atom is 0.236 e. The van der Waals surface area contributed by atoms with Gasteiger partial charge in [-0.3, -0.25) is 4.57 Å². The van der Waals surface area contributed by atoms with Gasteiger partial charge in [-0.15, -0.1) is 45.3 Å². The van der Waals surface area contributed by atoms with Gasteiger partial charge in [0.05, 0.1) is 37.3 Å². The van der Waals surface area contributed by atoms with Crippen molar-refractivity contribution in [1.29, 1.82) is 0 Å². The summed E-state index contributed by atoms with van der Waals surface area (Å²) in [7, 11) is 0. The topological polar surface area (TPSA) is 72.3 Å². The molecule has 14 aromatic carbocycles. The number of nitrogens with one attached hydrogen (secondary N) is 1. The fourth-order valence-corrected chi connectivity index (χ4v) is 25.1. The maximum atomic E-state index is 6.34. The molecule has 0 radical (unpaired) electrons. The average Bonchev–Trinajstić information content (AvgIpc) is 1.55. The first-order valence-corrected chi connectivity index (χ1v) is 40.6. The van der Waals surface area contributed by atoms with Gasteiger partial charge in [0.1, 0.15) is 9.66 Å². The standard InChI is InChI=1S/C44H23N3S4.C22H11ClN2S3.C22H13NS/c1-2-13-25-24(12-1)36-26-14-3-6-18-30(26)47(40(36)42-37(25)27-15-4-7-19-31(27)49-42)44-45-39(38-28-16-5-8-20-32(28)51-43(38)46-44)29-17-11-23-35-41(29)50-34-22-10-9-21-33(34)48-35;23-22-24-19(18-12-6-1-2-8-14(12)28-21(18)25-22)13-7-5-11-17-20(13)27-16-10-4-3-9-15(16)26-17;1-2-8-14-13(7-1)19-15-9-3-5-11-17(15)23-21(19)22-20(14)16-10-4-6-12-18(16)24-22/h1-23H;1-11H;1-12,23H. The van der Waals surface area contributed by atoms with E-state index in [4.69, 9.17) is 26.6 Å². The molecular weight excluding hydrogens is 1430 g/mol. The Morgan fingerprint density at radius 3 is 1.25 bits per heavy atom. The molecule has 15 heteroatoms. The fraction of sp³-hybridized carbons (Fsp3) is 0. The fourth-order valence-electron chi connectivity index (χ4n) is 15.5. The highest BCUT2D eigenvalue weighted by Crippen LogP contribution is 2.56. The zero-order valence-corrected chi connectivity index (χ0v) is 61.2. The zero-order chi connectivity index (χ0) is 67.5. The van der Waals surface area contributed by atoms with E-state index < -0.39 is 0 Å². The quantitative estimate of drug-likeness (QED) is 0.176. The molecule has 2 aliphatic heterocycles. The van der Waals surface area contributed by atoms with E-state index in [1.165, 1.54) is 159 Å². The Hall–Kier alpha value is -10.1. The molecule has 0 saturated carbocycles. The molecule has 0 saturated heterocycles. The first kappa shape index (κ1) is 60.5. The van der Waals surface area contributed by atoms with E-state index in [0.29, 0.717) is 11.2 Å². The van der Waals surface area contributed by atoms with E-state index in [0.717, 1.165) is 48.5 Å². The Balaban J connectivity index is 0.000000108. The van der Waals surface area contributed by atoms with E-state index in [-0.39, 0.29) is 0 Å². The number of nitrogens with zero attached hydrogens (tertiary/aromatic N) is 5. The van der Waals surface area contributed by atoms with Crippen molar-refractivity contribution in [1.82, 2.24) is 29.5 Å². The lowest BCUT2D eigenvalue weighted by atomic mass is 9.99. The van der Waals surface area contributed by atoms with Crippen LogP contribution in [-0.4, -0.2) is 29.5 Å². The third-order valence-corrected chi connectivity index (χ3v) is 29.7. The van der Waals surface area contributed by atoms with Crippen LogP contribution in [0, 0.1) is 0 Å². The number of rotatable bonds is 3. The zero-order valence-electron chi connectivity index (χ0n) is 53.9. The third kappa shape index (κ3) is 9.49. The van der Waals surface area contributed by atoms with Crippen LogP contribution in [0.1, 0.15) is 0 Å². The van der Waals surface area contributed by atoms with Crippen molar-refractivity contribution >= 4 is 250 Å². The van der Waals surface area contributed by atoms with E-state index in [9.17, 15) is 0 Å². The average molecular weight is 1480 g/mol. The number of H-pyrrole nitrogens is 1. The number of aromatic nitrogens is 6. The second-order valence-corrected chi connectivity index (χ2v) is 34.3. The third-order valence-electron chi connectivity index (χ3n) is 19.8. The number of thiophene rings is 4. The normalized spacial score (nSPS) is 12.7. The van der Waals surface area contributed by atoms with Crippen LogP contribution in [0.3, 0.4) is 0 Å². The lowest BCUT2D eigenvalue weighted by Gasteiger charge is -2.21. The number of hydrogen-bond acceptors (Lipinski definition) is 12. The molecule has 22 aromatic rings. The van der Waals surface area contributed by atoms with E-state index in [1.807, 2.05) is 58.0 Å². The van der Waals surface area contributed by atoms with Crippen LogP contribution in [0.15, 0.2) is 318 Å². The first-order valence-electron chi connectivity index (χ1n) is 33.7. The number of halogens is 1. The van der Waals surface area contributed by atoms with Crippen LogP contribution < -0.4 is 0 Å². The molecule has 0 amide bonds. The summed E-state index contributed by atoms with van der Waals surface area (Å²) in [5, 5.41) is 20.6. The molecule has 0 unspecified atom stereocenters. The van der Waals surface area contributed by atoms with Crippen LogP contribution in [0.2, 0.25) is 5.28 Å². The van der Waals surface area contributed by atoms with Crippen molar-refractivity contribution in [2.75, 3.05) is 0 Å². The summed E-state index contributed by atoms with van der Waals surface area (Å²) in [5.41, 5.74) is 8.92. The highest BCUT2D eigenvalue weighted by molar-refractivity contribution is 8.05. The summed E-state index contributed by atoms with van der Waals surface area (Å²) in [4.78, 5) is 36.2. The van der Waals surface area contributed by atoms with Crippen LogP contribution in [-0.2, 0) is 0 Å². The Morgan fingerprint density at radius 1 is 0.291 bits per heavy atom. The summed E-state index contributed by atoms with van der Waals surface area (Å²) in [6.45, 7) is 0. The number of fused-ring (bicyclic) bond motifs is 30. The molecule has 0 fully saturated rings. The summed E-state index contributed by atoms with van der Waals surface area (Å²) in [5.74, 6) is 0.704. The summed E-state index contributed by atoms with van der Waals surface area (Å²) in [6, 6.07) is 100. The molecule has 6 nitrogen and oxygen atoms in total. The van der Waals surface area contributed by atoms with Crippen LogP contribution >= 0.6 is 104 Å². The van der Waals surface area contributed by atoms with Gasteiger partial charge in [0.2, 0.25) is 11.2 Å². The number of hydrogen-bond donors (Lipinski definition) is 1. The molecule has 2 aliphatic rings. The van der Waals surface area contributed by atoms with Crippen LogP contribution in [0.25, 0.3) is 175 Å². The summed E-state index contributed by atoms with van der Waals surface area (Å²) in [6.07, 6.45) is 0. The molecule has 0 bridgehead atoms. The molecule has 0 atom stereocenters. The van der Waals surface area contributed by atoms with Crippen LogP contribution in [0.4, 0.5) is 0 Å². The van der Waals surface area contributed by atoms with Crippen molar-refractivity contribution in [3.63, 3.8) is 0 Å². The maximum absolute atomic E-state index is 6.34. The van der Waals surface area contributed by atoms with Crippen molar-refractivity contribution in [3.8, 4) is 28.5 Å². The van der Waals surface area contributed by atoms with Gasteiger partial charge in [-0.2, -0.15) is 0 Å². The molecule has 24 rings (SSSR count). The highest BCUT2D eigenvalue weighted by atomic mass is 35.5. The summed E-state index contributed by atoms with van der Waals surface area (Å²) >= 11 is 20.8. The molecule has 0 aliphatic carbocycles. The lowest BCUT2D eigenvalue weighted by Crippen LogP contribution is -2.03. The van der Waals surface area contributed by atoms with Crippen molar-refractivity contribution < 1.29 is 0 Å². The van der Waals surface area contributed by atoms with E-state index in [2.05, 4.69) is 294 Å². The molecule has 8 aromatic heterocycles. The Labute approximate surface area is 625 Å². The predicted molar refractivity (Wildman–Crippen MR) is 446 cm³/mol. The first-order chi connectivity index (χ1) is 51.0. The molecule has 10 heterocycles. The second-order valence-electron chi connectivity index (χ2n) is 25.5. The largest absolute Gasteiger partial charge is 0.353 e. The monoisotopic (exact) mass is 1480 g/mol. The van der Waals surface area contributed by atoms with Gasteiger partial charge in [0, 0.05) is 139 Å². The molecule has 484 valence electrons. The lowest BCUT2D eigenvalue weighted by molar-refractivity contribution is 1.02. The van der Waals surface area contributed by atoms with Crippen molar-refractivity contribution in [2.24, 2.45) is 0 Å². The van der Waals surface area contributed by atoms with Gasteiger partial charge in [0.15, 0.2) is 0 Å². The van der Waals surface area contributed by atoms with Gasteiger partial charge >= 0.3 is 0 Å². The Kier molecular flexibility index (Phi) is 14.1. The van der Waals surface area contributed by atoms with E-state index >= 15 is 0 Å². The van der Waals surface area contributed by atoms with Gasteiger partial charge in [-0.1, -0.05) is 253 Å². The molecule has 0 spiro atoms. The molecular formula is C88H47ClN6S8. The minimum atomic E-state index is 0.292. The smallest absolute Gasteiger partial charge is 0.236 e. The highest BCUT2D eigenvalue weighted by Gasteiger charge is 2.29. The SMILES string of the molecule is Clc1nc(-c2cccc3c2Sc2ccccc2S3)c2c(n1)sc1ccccc12.c1ccc2c(c1)Sc1cccc(-c3nc(-n4c5ccccc5c5c6ccccc6c6c7ccccc7sc6c54)nc4sc5ccccc5c34)c1S2.c1ccc2c(c1)[nH]c1c3sc4ccccc4c3c3ccccc3c21. The molecule has 103 heavy (non-hydrogen) atoms. The predicted octanol–water partition coefficient (Wildman–Crippen LogP) is 28.4. The van der Waals surface area contributed by atoms with Crippen molar-refractivity contribution in [3.05, 3.63) is 284 Å². The minimum Gasteiger partial charge on any atom is -0.353 e. The van der Waals surface area contributed by atoms with Gasteiger partial charge in [0.25, 0.3) is 0 Å². The summed E-state index contributed by atoms with van der Waals surface area (Å²) < 4.78 is 10.0. The number of benzene rings is 14. The van der Waals surface area contributed by atoms with Crippen molar-refractivity contribution in [2.45, 2.75) is 39.2 Å². The number of aromatic amines is 1. The second kappa shape index (κ2) is 24.0. The molecule has 1 N–H and O–H groups in total. The van der Waals surface area contributed by atoms with Gasteiger partial charge in [-0.25, -0.2) is 19.9 Å². The van der Waals surface area contributed by atoms with Gasteiger partial charge < -0.3 is 4.98 Å².